The van der Waals surface area contributed by atoms with Crippen LogP contribution < -0.4 is 5.43 Å². The van der Waals surface area contributed by atoms with Crippen LogP contribution in [0, 0.1) is 3.57 Å². The number of hydrogen-bond acceptors (Lipinski definition) is 3. The lowest BCUT2D eigenvalue weighted by Gasteiger charge is -2.08. The van der Waals surface area contributed by atoms with Gasteiger partial charge in [-0.15, -0.1) is 0 Å². The van der Waals surface area contributed by atoms with Crippen molar-refractivity contribution < 1.29 is 22.7 Å². The first-order valence-corrected chi connectivity index (χ1v) is 6.40. The molecular formula is C12H7F3INO3. The number of carbonyl (C=O) groups is 1. The molecule has 0 saturated heterocycles. The van der Waals surface area contributed by atoms with E-state index in [4.69, 9.17) is 0 Å². The Bertz CT molecular complexity index is 724. The van der Waals surface area contributed by atoms with Gasteiger partial charge in [0.2, 0.25) is 5.43 Å². The van der Waals surface area contributed by atoms with Crippen LogP contribution in [0.15, 0.2) is 29.2 Å². The van der Waals surface area contributed by atoms with Gasteiger partial charge in [0.05, 0.1) is 5.52 Å². The summed E-state index contributed by atoms with van der Waals surface area (Å²) in [6.07, 6.45) is -3.57. The minimum Gasteiger partial charge on any atom is -0.452 e. The molecule has 106 valence electrons. The molecule has 0 aliphatic carbocycles. The number of pyridine rings is 1. The molecule has 1 N–H and O–H groups in total. The molecule has 20 heavy (non-hydrogen) atoms. The number of halogens is 4. The molecule has 1 aromatic heterocycles. The second-order valence-electron chi connectivity index (χ2n) is 3.91. The van der Waals surface area contributed by atoms with E-state index in [1.54, 1.807) is 12.1 Å². The molecule has 2 rings (SSSR count). The Balaban J connectivity index is 2.36. The average molecular weight is 397 g/mol. The number of carbonyl (C=O) groups excluding carboxylic acids is 1. The van der Waals surface area contributed by atoms with Crippen molar-refractivity contribution in [2.45, 2.75) is 6.18 Å². The maximum atomic E-state index is 12.0. The van der Waals surface area contributed by atoms with E-state index in [9.17, 15) is 22.8 Å². The van der Waals surface area contributed by atoms with Gasteiger partial charge in [0.1, 0.15) is 5.56 Å². The molecule has 0 amide bonds. The summed E-state index contributed by atoms with van der Waals surface area (Å²) in [5.41, 5.74) is -0.625. The average Bonchev–Trinajstić information content (AvgIpc) is 2.35. The molecule has 2 aromatic rings. The smallest absolute Gasteiger partial charge is 0.422 e. The van der Waals surface area contributed by atoms with Crippen molar-refractivity contribution in [1.82, 2.24) is 4.98 Å². The van der Waals surface area contributed by atoms with Crippen LogP contribution in [0.3, 0.4) is 0 Å². The maximum absolute atomic E-state index is 12.0. The van der Waals surface area contributed by atoms with Crippen LogP contribution in [0.25, 0.3) is 10.9 Å². The lowest BCUT2D eigenvalue weighted by Crippen LogP contribution is -2.24. The predicted octanol–water partition coefficient (Wildman–Crippen LogP) is 2.85. The third-order valence-corrected chi connectivity index (χ3v) is 3.10. The van der Waals surface area contributed by atoms with Gasteiger partial charge in [0.15, 0.2) is 6.61 Å². The van der Waals surface area contributed by atoms with Gasteiger partial charge in [0.25, 0.3) is 0 Å². The Morgan fingerprint density at radius 3 is 2.70 bits per heavy atom. The number of alkyl halides is 3. The van der Waals surface area contributed by atoms with E-state index < -0.39 is 29.7 Å². The van der Waals surface area contributed by atoms with Gasteiger partial charge >= 0.3 is 12.1 Å². The van der Waals surface area contributed by atoms with Crippen molar-refractivity contribution in [2.75, 3.05) is 6.61 Å². The van der Waals surface area contributed by atoms with Crippen molar-refractivity contribution in [3.63, 3.8) is 0 Å². The van der Waals surface area contributed by atoms with Gasteiger partial charge in [-0.1, -0.05) is 0 Å². The van der Waals surface area contributed by atoms with Crippen LogP contribution in [0.4, 0.5) is 13.2 Å². The fraction of sp³-hybridized carbons (Fsp3) is 0.167. The van der Waals surface area contributed by atoms with E-state index in [1.165, 1.54) is 6.07 Å². The summed E-state index contributed by atoms with van der Waals surface area (Å²) in [5, 5.41) is 0.215. The molecular weight excluding hydrogens is 390 g/mol. The van der Waals surface area contributed by atoms with Gasteiger partial charge in [-0.25, -0.2) is 4.79 Å². The van der Waals surface area contributed by atoms with E-state index in [-0.39, 0.29) is 5.39 Å². The predicted molar refractivity (Wildman–Crippen MR) is 73.6 cm³/mol. The monoisotopic (exact) mass is 397 g/mol. The normalized spacial score (nSPS) is 11.6. The molecule has 1 aromatic carbocycles. The standard InChI is InChI=1S/C12H7F3INO3/c13-12(14,15)5-20-11(19)8-4-17-9-3-6(16)1-2-7(9)10(8)18/h1-4H,5H2,(H,17,18). The molecule has 0 unspecified atom stereocenters. The Kier molecular flexibility index (Phi) is 4.02. The lowest BCUT2D eigenvalue weighted by atomic mass is 10.1. The summed E-state index contributed by atoms with van der Waals surface area (Å²) < 4.78 is 40.8. The minimum absolute atomic E-state index is 0.215. The van der Waals surface area contributed by atoms with Crippen LogP contribution in [0.5, 0.6) is 0 Å². The van der Waals surface area contributed by atoms with Gasteiger partial charge in [-0.05, 0) is 40.8 Å². The molecule has 1 heterocycles. The van der Waals surface area contributed by atoms with Crippen LogP contribution in [0.1, 0.15) is 10.4 Å². The zero-order valence-corrected chi connectivity index (χ0v) is 11.9. The molecule has 8 heteroatoms. The number of esters is 1. The topological polar surface area (TPSA) is 59.2 Å². The first-order chi connectivity index (χ1) is 9.28. The second-order valence-corrected chi connectivity index (χ2v) is 5.16. The first-order valence-electron chi connectivity index (χ1n) is 5.33. The fourth-order valence-corrected chi connectivity index (χ4v) is 2.06. The third kappa shape index (κ3) is 3.30. The maximum Gasteiger partial charge on any atom is 0.422 e. The molecule has 0 aliphatic rings. The van der Waals surface area contributed by atoms with Gasteiger partial charge < -0.3 is 9.72 Å². The third-order valence-electron chi connectivity index (χ3n) is 2.43. The summed E-state index contributed by atoms with van der Waals surface area (Å²) in [6.45, 7) is -1.73. The highest BCUT2D eigenvalue weighted by Gasteiger charge is 2.30. The van der Waals surface area contributed by atoms with E-state index >= 15 is 0 Å². The van der Waals surface area contributed by atoms with E-state index in [2.05, 4.69) is 9.72 Å². The number of H-pyrrole nitrogens is 1. The second kappa shape index (κ2) is 5.43. The summed E-state index contributed by atoms with van der Waals surface area (Å²) in [4.78, 5) is 26.2. The molecule has 0 aliphatic heterocycles. The highest BCUT2D eigenvalue weighted by Crippen LogP contribution is 2.16. The largest absolute Gasteiger partial charge is 0.452 e. The van der Waals surface area contributed by atoms with Gasteiger partial charge in [0, 0.05) is 15.2 Å². The molecule has 0 spiro atoms. The van der Waals surface area contributed by atoms with Gasteiger partial charge in [-0.3, -0.25) is 4.79 Å². The van der Waals surface area contributed by atoms with Crippen molar-refractivity contribution in [3.05, 3.63) is 43.8 Å². The lowest BCUT2D eigenvalue weighted by molar-refractivity contribution is -0.161. The van der Waals surface area contributed by atoms with Crippen molar-refractivity contribution >= 4 is 39.5 Å². The number of benzene rings is 1. The summed E-state index contributed by atoms with van der Waals surface area (Å²) in [6, 6.07) is 4.83. The van der Waals surface area contributed by atoms with E-state index in [1.807, 2.05) is 22.6 Å². The number of rotatable bonds is 2. The van der Waals surface area contributed by atoms with Gasteiger partial charge in [-0.2, -0.15) is 13.2 Å². The number of nitrogens with one attached hydrogen (secondary N) is 1. The SMILES string of the molecule is O=C(OCC(F)(F)F)c1c[nH]c2cc(I)ccc2c1=O. The van der Waals surface area contributed by atoms with Crippen LogP contribution in [-0.2, 0) is 4.74 Å². The van der Waals surface area contributed by atoms with Crippen molar-refractivity contribution in [3.8, 4) is 0 Å². The fourth-order valence-electron chi connectivity index (χ4n) is 1.57. The molecule has 0 bridgehead atoms. The number of ether oxygens (including phenoxy) is 1. The van der Waals surface area contributed by atoms with Crippen molar-refractivity contribution in [1.29, 1.82) is 0 Å². The Morgan fingerprint density at radius 2 is 2.05 bits per heavy atom. The first kappa shape index (κ1) is 14.8. The number of hydrogen-bond donors (Lipinski definition) is 1. The highest BCUT2D eigenvalue weighted by atomic mass is 127. The molecule has 0 saturated carbocycles. The zero-order valence-electron chi connectivity index (χ0n) is 9.75. The minimum atomic E-state index is -4.63. The molecule has 0 atom stereocenters. The quantitative estimate of drug-likeness (QED) is 0.627. The zero-order chi connectivity index (χ0) is 14.9. The van der Waals surface area contributed by atoms with E-state index in [0.717, 1.165) is 9.77 Å². The Labute approximate surface area is 124 Å². The highest BCUT2D eigenvalue weighted by molar-refractivity contribution is 14.1. The molecule has 0 radical (unpaired) electrons. The molecule has 0 fully saturated rings. The summed E-state index contributed by atoms with van der Waals surface area (Å²) >= 11 is 2.05. The molecule has 4 nitrogen and oxygen atoms in total. The Hall–Kier alpha value is -1.58. The summed E-state index contributed by atoms with van der Waals surface area (Å²) in [5.74, 6) is -1.30. The summed E-state index contributed by atoms with van der Waals surface area (Å²) in [7, 11) is 0. The van der Waals surface area contributed by atoms with E-state index in [0.29, 0.717) is 5.52 Å². The van der Waals surface area contributed by atoms with Crippen LogP contribution in [-0.4, -0.2) is 23.7 Å². The van der Waals surface area contributed by atoms with Crippen molar-refractivity contribution in [2.24, 2.45) is 0 Å². The number of fused-ring (bicyclic) bond motifs is 1. The van der Waals surface area contributed by atoms with Crippen LogP contribution >= 0.6 is 22.6 Å². The number of aromatic amines is 1. The Morgan fingerprint density at radius 1 is 1.35 bits per heavy atom. The number of aromatic nitrogens is 1. The van der Waals surface area contributed by atoms with Crippen LogP contribution in [0.2, 0.25) is 0 Å².